The first-order chi connectivity index (χ1) is 9.08. The Bertz CT molecular complexity index is 475. The summed E-state index contributed by atoms with van der Waals surface area (Å²) in [5.41, 5.74) is -1.17. The zero-order chi connectivity index (χ0) is 13.9. The maximum absolute atomic E-state index is 14.0. The van der Waals surface area contributed by atoms with E-state index in [9.17, 15) is 14.3 Å². The zero-order valence-corrected chi connectivity index (χ0v) is 10.2. The Morgan fingerprint density at radius 2 is 2.21 bits per heavy atom. The van der Waals surface area contributed by atoms with Crippen LogP contribution in [0.4, 0.5) is 10.2 Å². The van der Waals surface area contributed by atoms with E-state index in [1.165, 1.54) is 6.20 Å². The number of carboxylic acid groups (broad SMARTS) is 1. The van der Waals surface area contributed by atoms with E-state index in [1.54, 1.807) is 0 Å². The first-order valence-electron chi connectivity index (χ1n) is 5.92. The summed E-state index contributed by atoms with van der Waals surface area (Å²) in [5, 5.41) is 21.2. The molecule has 0 amide bonds. The lowest BCUT2D eigenvalue weighted by molar-refractivity contribution is 0.0377. The Balaban J connectivity index is 2.27. The Morgan fingerprint density at radius 1 is 1.53 bits per heavy atom. The lowest BCUT2D eigenvalue weighted by Gasteiger charge is -2.36. The van der Waals surface area contributed by atoms with E-state index in [4.69, 9.17) is 9.84 Å². The normalized spacial score (nSPS) is 18.0. The molecule has 1 aliphatic rings. The number of carbonyl (C=O) groups is 1. The fourth-order valence-electron chi connectivity index (χ4n) is 2.03. The van der Waals surface area contributed by atoms with Crippen LogP contribution in [-0.2, 0) is 4.74 Å². The van der Waals surface area contributed by atoms with Crippen LogP contribution in [0.1, 0.15) is 23.2 Å². The van der Waals surface area contributed by atoms with E-state index in [2.05, 4.69) is 10.3 Å². The Kier molecular flexibility index (Phi) is 3.96. The van der Waals surface area contributed by atoms with Crippen molar-refractivity contribution in [2.24, 2.45) is 0 Å². The number of carboxylic acids is 1. The van der Waals surface area contributed by atoms with Crippen LogP contribution in [0.25, 0.3) is 0 Å². The van der Waals surface area contributed by atoms with Gasteiger partial charge in [-0.25, -0.2) is 14.2 Å². The molecule has 7 heteroatoms. The average molecular weight is 270 g/mol. The molecule has 1 aliphatic heterocycles. The van der Waals surface area contributed by atoms with Crippen LogP contribution in [0.2, 0.25) is 0 Å². The lowest BCUT2D eigenvalue weighted by atomic mass is 9.91. The maximum Gasteiger partial charge on any atom is 0.338 e. The lowest BCUT2D eigenvalue weighted by Crippen LogP contribution is -2.47. The van der Waals surface area contributed by atoms with Crippen molar-refractivity contribution in [2.75, 3.05) is 25.1 Å². The van der Waals surface area contributed by atoms with Crippen molar-refractivity contribution in [1.29, 1.82) is 0 Å². The van der Waals surface area contributed by atoms with Gasteiger partial charge in [0.15, 0.2) is 11.6 Å². The van der Waals surface area contributed by atoms with Crippen LogP contribution in [-0.4, -0.2) is 46.5 Å². The number of aliphatic hydroxyl groups excluding tert-OH is 1. The van der Waals surface area contributed by atoms with Crippen molar-refractivity contribution >= 4 is 11.8 Å². The van der Waals surface area contributed by atoms with Gasteiger partial charge in [0.2, 0.25) is 0 Å². The number of ether oxygens (including phenoxy) is 1. The van der Waals surface area contributed by atoms with Crippen molar-refractivity contribution < 1.29 is 24.1 Å². The van der Waals surface area contributed by atoms with Crippen LogP contribution < -0.4 is 5.32 Å². The quantitative estimate of drug-likeness (QED) is 0.752. The Hall–Kier alpha value is -1.73. The number of aromatic carboxylic acids is 1. The number of aliphatic hydroxyl groups is 1. The minimum Gasteiger partial charge on any atom is -0.478 e. The molecule has 1 aromatic heterocycles. The van der Waals surface area contributed by atoms with Crippen LogP contribution >= 0.6 is 0 Å². The van der Waals surface area contributed by atoms with Crippen molar-refractivity contribution in [2.45, 2.75) is 18.4 Å². The van der Waals surface area contributed by atoms with Crippen LogP contribution in [0.3, 0.4) is 0 Å². The summed E-state index contributed by atoms with van der Waals surface area (Å²) >= 11 is 0. The standard InChI is InChI=1S/C12H15FN2O4/c13-9-8(11(17)18)1-4-14-10(9)15-12(7-16)2-5-19-6-3-12/h1,4,16H,2-3,5-7H2,(H,14,15)(H,17,18). The van der Waals surface area contributed by atoms with Crippen molar-refractivity contribution in [1.82, 2.24) is 4.98 Å². The summed E-state index contributed by atoms with van der Waals surface area (Å²) in [6.45, 7) is 0.705. The second-order valence-electron chi connectivity index (χ2n) is 4.50. The molecule has 0 aliphatic carbocycles. The average Bonchev–Trinajstić information content (AvgIpc) is 2.42. The number of aromatic nitrogens is 1. The molecule has 1 saturated heterocycles. The van der Waals surface area contributed by atoms with Gasteiger partial charge in [0.1, 0.15) is 5.56 Å². The molecule has 19 heavy (non-hydrogen) atoms. The summed E-state index contributed by atoms with van der Waals surface area (Å²) in [5.74, 6) is -2.43. The number of nitrogens with one attached hydrogen (secondary N) is 1. The van der Waals surface area contributed by atoms with Gasteiger partial charge in [-0.2, -0.15) is 0 Å². The van der Waals surface area contributed by atoms with Crippen LogP contribution in [0, 0.1) is 5.82 Å². The molecule has 0 spiro atoms. The highest BCUT2D eigenvalue weighted by atomic mass is 19.1. The van der Waals surface area contributed by atoms with Crippen molar-refractivity contribution in [3.8, 4) is 0 Å². The zero-order valence-electron chi connectivity index (χ0n) is 10.2. The first kappa shape index (κ1) is 13.7. The monoisotopic (exact) mass is 270 g/mol. The number of nitrogens with zero attached hydrogens (tertiary/aromatic N) is 1. The SMILES string of the molecule is O=C(O)c1ccnc(NC2(CO)CCOCC2)c1F. The van der Waals surface area contributed by atoms with Gasteiger partial charge in [0.05, 0.1) is 12.1 Å². The van der Waals surface area contributed by atoms with Gasteiger partial charge in [-0.05, 0) is 18.9 Å². The number of anilines is 1. The predicted molar refractivity (Wildman–Crippen MR) is 64.6 cm³/mol. The van der Waals surface area contributed by atoms with E-state index < -0.39 is 22.9 Å². The smallest absolute Gasteiger partial charge is 0.338 e. The molecule has 2 rings (SSSR count). The summed E-state index contributed by atoms with van der Waals surface area (Å²) in [6.07, 6.45) is 2.23. The number of halogens is 1. The third kappa shape index (κ3) is 2.82. The van der Waals surface area contributed by atoms with E-state index in [-0.39, 0.29) is 12.4 Å². The second kappa shape index (κ2) is 5.50. The van der Waals surface area contributed by atoms with Gasteiger partial charge in [-0.3, -0.25) is 0 Å². The molecule has 0 bridgehead atoms. The Labute approximate surface area is 109 Å². The molecule has 3 N–H and O–H groups in total. The number of hydrogen-bond donors (Lipinski definition) is 3. The summed E-state index contributed by atoms with van der Waals surface area (Å²) in [7, 11) is 0. The number of hydrogen-bond acceptors (Lipinski definition) is 5. The van der Waals surface area contributed by atoms with Crippen molar-refractivity contribution in [3.63, 3.8) is 0 Å². The highest BCUT2D eigenvalue weighted by Crippen LogP contribution is 2.26. The van der Waals surface area contributed by atoms with Gasteiger partial charge >= 0.3 is 5.97 Å². The molecule has 0 saturated carbocycles. The molecular weight excluding hydrogens is 255 g/mol. The molecule has 0 atom stereocenters. The summed E-state index contributed by atoms with van der Waals surface area (Å²) in [6, 6.07) is 1.10. The third-order valence-corrected chi connectivity index (χ3v) is 3.26. The minimum absolute atomic E-state index is 0.157. The van der Waals surface area contributed by atoms with Crippen LogP contribution in [0.5, 0.6) is 0 Å². The van der Waals surface area contributed by atoms with E-state index in [1.807, 2.05) is 0 Å². The van der Waals surface area contributed by atoms with Gasteiger partial charge in [-0.15, -0.1) is 0 Å². The van der Waals surface area contributed by atoms with Gasteiger partial charge in [0, 0.05) is 19.4 Å². The largest absolute Gasteiger partial charge is 0.478 e. The molecule has 1 fully saturated rings. The minimum atomic E-state index is -1.35. The molecule has 104 valence electrons. The molecule has 0 aromatic carbocycles. The topological polar surface area (TPSA) is 91.7 Å². The first-order valence-corrected chi connectivity index (χ1v) is 5.92. The fourth-order valence-corrected chi connectivity index (χ4v) is 2.03. The predicted octanol–water partition coefficient (Wildman–Crippen LogP) is 0.872. The third-order valence-electron chi connectivity index (χ3n) is 3.26. The van der Waals surface area contributed by atoms with Gasteiger partial charge in [0.25, 0.3) is 0 Å². The van der Waals surface area contributed by atoms with Gasteiger partial charge in [-0.1, -0.05) is 0 Å². The Morgan fingerprint density at radius 3 is 2.79 bits per heavy atom. The van der Waals surface area contributed by atoms with Crippen molar-refractivity contribution in [3.05, 3.63) is 23.6 Å². The van der Waals surface area contributed by atoms with Gasteiger partial charge < -0.3 is 20.3 Å². The summed E-state index contributed by atoms with van der Waals surface area (Å²) < 4.78 is 19.2. The molecule has 0 unspecified atom stereocenters. The van der Waals surface area contributed by atoms with E-state index in [0.29, 0.717) is 26.1 Å². The molecule has 2 heterocycles. The second-order valence-corrected chi connectivity index (χ2v) is 4.50. The van der Waals surface area contributed by atoms with E-state index >= 15 is 0 Å². The number of rotatable bonds is 4. The maximum atomic E-state index is 14.0. The highest BCUT2D eigenvalue weighted by molar-refractivity contribution is 5.88. The molecular formula is C12H15FN2O4. The molecule has 0 radical (unpaired) electrons. The van der Waals surface area contributed by atoms with E-state index in [0.717, 1.165) is 6.07 Å². The fraction of sp³-hybridized carbons (Fsp3) is 0.500. The number of pyridine rings is 1. The van der Waals surface area contributed by atoms with Crippen LogP contribution in [0.15, 0.2) is 12.3 Å². The molecule has 1 aromatic rings. The molecule has 6 nitrogen and oxygen atoms in total. The highest BCUT2D eigenvalue weighted by Gasteiger charge is 2.33. The summed E-state index contributed by atoms with van der Waals surface area (Å²) in [4.78, 5) is 14.7.